The van der Waals surface area contributed by atoms with Gasteiger partial charge in [-0.2, -0.15) is 5.10 Å². The van der Waals surface area contributed by atoms with E-state index in [1.807, 2.05) is 60.4 Å². The molecule has 0 atom stereocenters. The molecule has 0 unspecified atom stereocenters. The Morgan fingerprint density at radius 1 is 0.973 bits per heavy atom. The van der Waals surface area contributed by atoms with Crippen molar-refractivity contribution in [2.75, 3.05) is 14.2 Å². The topological polar surface area (TPSA) is 71.2 Å². The van der Waals surface area contributed by atoms with E-state index in [0.717, 1.165) is 53.3 Å². The largest absolute Gasteiger partial charge is 0.497 e. The number of aromatic nitrogens is 4. The molecule has 3 aromatic heterocycles. The Labute approximate surface area is 226 Å². The summed E-state index contributed by atoms with van der Waals surface area (Å²) >= 11 is 2.32. The zero-order chi connectivity index (χ0) is 25.7. The Morgan fingerprint density at radius 2 is 1.78 bits per heavy atom. The van der Waals surface area contributed by atoms with Gasteiger partial charge in [-0.3, -0.25) is 4.68 Å². The van der Waals surface area contributed by atoms with Gasteiger partial charge in [0.1, 0.15) is 5.75 Å². The van der Waals surface area contributed by atoms with Gasteiger partial charge in [0.05, 0.1) is 53.7 Å². The third kappa shape index (κ3) is 4.01. The Kier molecular flexibility index (Phi) is 5.83. The SMILES string of the molecule is COC(=O)c1cc(-c2ccc3c(cnn3C)c2)nc2c3ccc(I)cc3n(Cc3ccc(OC)cc3)c12. The van der Waals surface area contributed by atoms with E-state index >= 15 is 0 Å². The predicted octanol–water partition coefficient (Wildman–Crippen LogP) is 6.19. The van der Waals surface area contributed by atoms with Crippen molar-refractivity contribution in [3.63, 3.8) is 0 Å². The van der Waals surface area contributed by atoms with Crippen LogP contribution in [0.3, 0.4) is 0 Å². The monoisotopic (exact) mass is 602 g/mol. The van der Waals surface area contributed by atoms with Crippen LogP contribution in [0, 0.1) is 3.57 Å². The molecule has 6 rings (SSSR count). The molecule has 0 fully saturated rings. The predicted molar refractivity (Wildman–Crippen MR) is 153 cm³/mol. The highest BCUT2D eigenvalue weighted by Gasteiger charge is 2.22. The number of hydrogen-bond donors (Lipinski definition) is 0. The van der Waals surface area contributed by atoms with Crippen LogP contribution in [0.2, 0.25) is 0 Å². The molecular weight excluding hydrogens is 579 g/mol. The normalized spacial score (nSPS) is 11.5. The summed E-state index contributed by atoms with van der Waals surface area (Å²) in [5.41, 5.74) is 6.75. The number of nitrogens with zero attached hydrogens (tertiary/aromatic N) is 4. The lowest BCUT2D eigenvalue weighted by atomic mass is 10.1. The molecule has 0 radical (unpaired) electrons. The first-order valence-corrected chi connectivity index (χ1v) is 12.8. The van der Waals surface area contributed by atoms with Crippen molar-refractivity contribution in [2.45, 2.75) is 6.54 Å². The van der Waals surface area contributed by atoms with Gasteiger partial charge in [0.15, 0.2) is 0 Å². The van der Waals surface area contributed by atoms with E-state index in [1.165, 1.54) is 7.11 Å². The minimum Gasteiger partial charge on any atom is -0.497 e. The summed E-state index contributed by atoms with van der Waals surface area (Å²) in [6.07, 6.45) is 1.83. The number of halogens is 1. The molecule has 0 N–H and O–H groups in total. The molecule has 3 aromatic carbocycles. The second-order valence-corrected chi connectivity index (χ2v) is 10.1. The fraction of sp³-hybridized carbons (Fsp3) is 0.138. The molecule has 0 aliphatic heterocycles. The number of benzene rings is 3. The minimum atomic E-state index is -0.399. The lowest BCUT2D eigenvalue weighted by Gasteiger charge is -2.12. The molecule has 3 heterocycles. The molecule has 8 heteroatoms. The van der Waals surface area contributed by atoms with Crippen molar-refractivity contribution >= 4 is 61.4 Å². The Morgan fingerprint density at radius 3 is 2.54 bits per heavy atom. The highest BCUT2D eigenvalue weighted by Crippen LogP contribution is 2.35. The Bertz CT molecular complexity index is 1820. The second-order valence-electron chi connectivity index (χ2n) is 8.88. The van der Waals surface area contributed by atoms with Crippen LogP contribution in [0.5, 0.6) is 5.75 Å². The maximum absolute atomic E-state index is 13.2. The lowest BCUT2D eigenvalue weighted by molar-refractivity contribution is 0.0602. The zero-order valence-corrected chi connectivity index (χ0v) is 22.7. The number of hydrogen-bond acceptors (Lipinski definition) is 5. The van der Waals surface area contributed by atoms with Crippen LogP contribution < -0.4 is 4.74 Å². The molecule has 0 amide bonds. The van der Waals surface area contributed by atoms with E-state index in [4.69, 9.17) is 14.5 Å². The summed E-state index contributed by atoms with van der Waals surface area (Å²) in [7, 11) is 4.98. The van der Waals surface area contributed by atoms with E-state index in [1.54, 1.807) is 7.11 Å². The number of carbonyl (C=O) groups excluding carboxylic acids is 1. The van der Waals surface area contributed by atoms with Crippen molar-refractivity contribution in [3.8, 4) is 17.0 Å². The number of ether oxygens (including phenoxy) is 2. The number of pyridine rings is 1. The van der Waals surface area contributed by atoms with E-state index in [9.17, 15) is 4.79 Å². The summed E-state index contributed by atoms with van der Waals surface area (Å²) < 4.78 is 15.7. The highest BCUT2D eigenvalue weighted by atomic mass is 127. The molecule has 0 saturated carbocycles. The van der Waals surface area contributed by atoms with Gasteiger partial charge in [0.25, 0.3) is 0 Å². The van der Waals surface area contributed by atoms with Gasteiger partial charge in [-0.15, -0.1) is 0 Å². The number of fused-ring (bicyclic) bond motifs is 4. The molecule has 6 aromatic rings. The number of aryl methyl sites for hydroxylation is 1. The van der Waals surface area contributed by atoms with Crippen LogP contribution in [0.25, 0.3) is 44.1 Å². The minimum absolute atomic E-state index is 0.399. The van der Waals surface area contributed by atoms with Crippen molar-refractivity contribution in [3.05, 3.63) is 87.6 Å². The van der Waals surface area contributed by atoms with Crippen molar-refractivity contribution in [1.82, 2.24) is 19.3 Å². The van der Waals surface area contributed by atoms with Crippen LogP contribution in [0.15, 0.2) is 72.9 Å². The molecule has 0 aliphatic rings. The molecular formula is C29H23IN4O3. The van der Waals surface area contributed by atoms with Gasteiger partial charge in [0, 0.05) is 33.5 Å². The number of carbonyl (C=O) groups is 1. The van der Waals surface area contributed by atoms with Gasteiger partial charge in [0.2, 0.25) is 0 Å². The maximum atomic E-state index is 13.2. The van der Waals surface area contributed by atoms with Crippen LogP contribution in [0.1, 0.15) is 15.9 Å². The lowest BCUT2D eigenvalue weighted by Crippen LogP contribution is -2.08. The third-order valence-corrected chi connectivity index (χ3v) is 7.39. The van der Waals surface area contributed by atoms with Crippen LogP contribution in [-0.4, -0.2) is 39.5 Å². The standard InChI is InChI=1S/C29H23IN4O3/c1-33-25-11-6-18(12-19(25)15-31-33)24-14-23(29(35)37-3)28-27(32-24)22-10-7-20(30)13-26(22)34(28)16-17-4-8-21(36-2)9-5-17/h4-15H,16H2,1-3H3. The van der Waals surface area contributed by atoms with Gasteiger partial charge in [-0.1, -0.05) is 18.2 Å². The quantitative estimate of drug-likeness (QED) is 0.174. The van der Waals surface area contributed by atoms with Gasteiger partial charge < -0.3 is 14.0 Å². The smallest absolute Gasteiger partial charge is 0.340 e. The van der Waals surface area contributed by atoms with Gasteiger partial charge in [-0.05, 0) is 76.7 Å². The first kappa shape index (κ1) is 23.5. The molecule has 184 valence electrons. The first-order valence-electron chi connectivity index (χ1n) is 11.7. The molecule has 7 nitrogen and oxygen atoms in total. The fourth-order valence-corrected chi connectivity index (χ4v) is 5.34. The van der Waals surface area contributed by atoms with Crippen LogP contribution in [0.4, 0.5) is 0 Å². The zero-order valence-electron chi connectivity index (χ0n) is 20.5. The number of esters is 1. The average Bonchev–Trinajstić information content (AvgIpc) is 3.45. The summed E-state index contributed by atoms with van der Waals surface area (Å²) in [6, 6.07) is 22.1. The summed E-state index contributed by atoms with van der Waals surface area (Å²) in [5, 5.41) is 6.35. The summed E-state index contributed by atoms with van der Waals surface area (Å²) in [5.74, 6) is 0.400. The Balaban J connectivity index is 1.63. The van der Waals surface area contributed by atoms with E-state index in [2.05, 4.69) is 56.5 Å². The highest BCUT2D eigenvalue weighted by molar-refractivity contribution is 14.1. The maximum Gasteiger partial charge on any atom is 0.340 e. The first-order chi connectivity index (χ1) is 18.0. The molecule has 0 bridgehead atoms. The van der Waals surface area contributed by atoms with E-state index in [0.29, 0.717) is 17.8 Å². The molecule has 0 spiro atoms. The van der Waals surface area contributed by atoms with E-state index < -0.39 is 5.97 Å². The molecule has 37 heavy (non-hydrogen) atoms. The van der Waals surface area contributed by atoms with Crippen molar-refractivity contribution in [1.29, 1.82) is 0 Å². The molecule has 0 aliphatic carbocycles. The van der Waals surface area contributed by atoms with Gasteiger partial charge in [-0.25, -0.2) is 9.78 Å². The van der Waals surface area contributed by atoms with Crippen LogP contribution >= 0.6 is 22.6 Å². The third-order valence-electron chi connectivity index (χ3n) is 6.72. The number of rotatable bonds is 5. The fourth-order valence-electron chi connectivity index (χ4n) is 4.86. The average molecular weight is 602 g/mol. The van der Waals surface area contributed by atoms with Crippen molar-refractivity contribution in [2.24, 2.45) is 7.05 Å². The van der Waals surface area contributed by atoms with E-state index in [-0.39, 0.29) is 0 Å². The Hall–Kier alpha value is -3.92. The van der Waals surface area contributed by atoms with Crippen LogP contribution in [-0.2, 0) is 18.3 Å². The van der Waals surface area contributed by atoms with Gasteiger partial charge >= 0.3 is 5.97 Å². The van der Waals surface area contributed by atoms with Crippen molar-refractivity contribution < 1.29 is 14.3 Å². The number of methoxy groups -OCH3 is 2. The second kappa shape index (κ2) is 9.19. The summed E-state index contributed by atoms with van der Waals surface area (Å²) in [6.45, 7) is 0.566. The molecule has 0 saturated heterocycles. The summed E-state index contributed by atoms with van der Waals surface area (Å²) in [4.78, 5) is 18.3.